The fourth-order valence-corrected chi connectivity index (χ4v) is 6.09. The number of ether oxygens (including phenoxy) is 4. The molecule has 0 aromatic carbocycles. The summed E-state index contributed by atoms with van der Waals surface area (Å²) in [6, 6.07) is -3.61. The van der Waals surface area contributed by atoms with Crippen LogP contribution in [0.5, 0.6) is 0 Å². The van der Waals surface area contributed by atoms with Gasteiger partial charge in [-0.15, -0.1) is 0 Å². The molecule has 0 aromatic heterocycles. The standard InChI is InChI=1S/C28H48N6O12/c29-12-8-13(30)26(46-28-23(41)21(32)22(40)17(11-35)44-28)24(42)25(12)45-27-14(31)9-15(36)16(43-27)10-33-18(37)4-2-1-3-7-34-19(38)5-6-20(34)39/h5-6,12-17,21-28,35-36,40-42H,1-4,7-11,29-32H2,(H,33,37)/t12-,13+,14+,15-,16+,17+,21-,22+,23+,24-,25+,26-,27?,28+/m0/s1. The number of nitrogens with two attached hydrogens (primary N) is 4. The Kier molecular flexibility index (Phi) is 13.0. The number of carbonyl (C=O) groups excluding carboxylic acids is 3. The van der Waals surface area contributed by atoms with E-state index in [-0.39, 0.29) is 50.1 Å². The van der Waals surface area contributed by atoms with E-state index in [0.717, 1.165) is 4.90 Å². The number of nitrogens with zero attached hydrogens (tertiary/aromatic N) is 1. The van der Waals surface area contributed by atoms with Crippen LogP contribution >= 0.6 is 0 Å². The molecule has 4 aliphatic rings. The van der Waals surface area contributed by atoms with E-state index in [4.69, 9.17) is 41.9 Å². The van der Waals surface area contributed by atoms with Crippen molar-refractivity contribution in [3.8, 4) is 0 Å². The summed E-state index contributed by atoms with van der Waals surface area (Å²) in [6.07, 6.45) is -7.62. The number of hydrogen-bond donors (Lipinski definition) is 10. The molecule has 3 fully saturated rings. The number of imide groups is 1. The number of rotatable bonds is 13. The van der Waals surface area contributed by atoms with Crippen LogP contribution in [0.2, 0.25) is 0 Å². The second-order valence-electron chi connectivity index (χ2n) is 12.3. The van der Waals surface area contributed by atoms with Crippen molar-refractivity contribution in [1.82, 2.24) is 10.2 Å². The summed E-state index contributed by atoms with van der Waals surface area (Å²) in [5.74, 6) is -0.963. The van der Waals surface area contributed by atoms with Crippen molar-refractivity contribution >= 4 is 17.7 Å². The maximum atomic E-state index is 12.4. The van der Waals surface area contributed by atoms with Gasteiger partial charge in [0.1, 0.15) is 42.7 Å². The molecular formula is C28H48N6O12. The van der Waals surface area contributed by atoms with Gasteiger partial charge in [0.25, 0.3) is 11.8 Å². The lowest BCUT2D eigenvalue weighted by Crippen LogP contribution is -2.68. The number of hydrogen-bond acceptors (Lipinski definition) is 16. The van der Waals surface area contributed by atoms with E-state index in [9.17, 15) is 39.9 Å². The van der Waals surface area contributed by atoms with Gasteiger partial charge in [-0.25, -0.2) is 0 Å². The Balaban J connectivity index is 1.26. The summed E-state index contributed by atoms with van der Waals surface area (Å²) in [5, 5.41) is 54.6. The number of amides is 3. The summed E-state index contributed by atoms with van der Waals surface area (Å²) < 4.78 is 23.2. The molecule has 14 atom stereocenters. The molecule has 18 heteroatoms. The molecule has 3 heterocycles. The first-order valence-electron chi connectivity index (χ1n) is 15.6. The lowest BCUT2D eigenvalue weighted by atomic mass is 9.84. The van der Waals surface area contributed by atoms with Gasteiger partial charge in [0.05, 0.1) is 24.8 Å². The minimum absolute atomic E-state index is 0.0417. The lowest BCUT2D eigenvalue weighted by Gasteiger charge is -2.47. The van der Waals surface area contributed by atoms with Gasteiger partial charge in [-0.05, 0) is 25.7 Å². The Morgan fingerprint density at radius 3 is 2.07 bits per heavy atom. The van der Waals surface area contributed by atoms with Gasteiger partial charge in [-0.3, -0.25) is 19.3 Å². The molecule has 4 rings (SSSR count). The van der Waals surface area contributed by atoms with Crippen molar-refractivity contribution in [3.63, 3.8) is 0 Å². The van der Waals surface area contributed by atoms with Crippen LogP contribution in [0.25, 0.3) is 0 Å². The molecule has 46 heavy (non-hydrogen) atoms. The van der Waals surface area contributed by atoms with Crippen LogP contribution in [0.15, 0.2) is 12.2 Å². The average molecular weight is 661 g/mol. The summed E-state index contributed by atoms with van der Waals surface area (Å²) in [5.41, 5.74) is 24.6. The van der Waals surface area contributed by atoms with Crippen molar-refractivity contribution in [2.45, 2.75) is 124 Å². The van der Waals surface area contributed by atoms with E-state index in [1.807, 2.05) is 0 Å². The maximum absolute atomic E-state index is 12.4. The fourth-order valence-electron chi connectivity index (χ4n) is 6.09. The molecule has 0 spiro atoms. The molecule has 1 aliphatic carbocycles. The molecular weight excluding hydrogens is 612 g/mol. The third kappa shape index (κ3) is 8.64. The molecule has 262 valence electrons. The van der Waals surface area contributed by atoms with Crippen LogP contribution in [0.1, 0.15) is 38.5 Å². The molecule has 14 N–H and O–H groups in total. The van der Waals surface area contributed by atoms with Gasteiger partial charge < -0.3 is 72.7 Å². The second-order valence-corrected chi connectivity index (χ2v) is 12.3. The van der Waals surface area contributed by atoms with E-state index in [2.05, 4.69) is 5.32 Å². The molecule has 3 amide bonds. The van der Waals surface area contributed by atoms with Crippen molar-refractivity contribution in [2.75, 3.05) is 19.7 Å². The van der Waals surface area contributed by atoms with Crippen molar-refractivity contribution in [2.24, 2.45) is 22.9 Å². The van der Waals surface area contributed by atoms with Gasteiger partial charge in [-0.2, -0.15) is 0 Å². The van der Waals surface area contributed by atoms with Gasteiger partial charge in [0.15, 0.2) is 12.6 Å². The van der Waals surface area contributed by atoms with Gasteiger partial charge in [0.2, 0.25) is 5.91 Å². The topological polar surface area (TPSA) is 309 Å². The molecule has 0 bridgehead atoms. The first kappa shape index (κ1) is 36.7. The molecule has 0 aromatic rings. The number of aliphatic hydroxyl groups is 5. The summed E-state index contributed by atoms with van der Waals surface area (Å²) in [6.45, 7) is -0.349. The predicted octanol–water partition coefficient (Wildman–Crippen LogP) is -5.65. The van der Waals surface area contributed by atoms with Gasteiger partial charge in [-0.1, -0.05) is 6.42 Å². The zero-order valence-corrected chi connectivity index (χ0v) is 25.5. The highest BCUT2D eigenvalue weighted by Gasteiger charge is 2.50. The predicted molar refractivity (Wildman–Crippen MR) is 157 cm³/mol. The summed E-state index contributed by atoms with van der Waals surface area (Å²) >= 11 is 0. The Morgan fingerprint density at radius 2 is 1.43 bits per heavy atom. The maximum Gasteiger partial charge on any atom is 0.253 e. The first-order chi connectivity index (χ1) is 21.8. The lowest BCUT2D eigenvalue weighted by molar-refractivity contribution is -0.315. The number of nitrogens with one attached hydrogen (secondary N) is 1. The van der Waals surface area contributed by atoms with E-state index in [1.165, 1.54) is 12.2 Å². The molecule has 1 unspecified atom stereocenters. The van der Waals surface area contributed by atoms with Crippen LogP contribution in [-0.4, -0.2) is 153 Å². The Bertz CT molecular complexity index is 1070. The third-order valence-electron chi connectivity index (χ3n) is 8.87. The minimum Gasteiger partial charge on any atom is -0.394 e. The summed E-state index contributed by atoms with van der Waals surface area (Å²) in [7, 11) is 0. The molecule has 2 saturated heterocycles. The minimum atomic E-state index is -1.50. The largest absolute Gasteiger partial charge is 0.394 e. The Labute approximate surface area is 265 Å². The number of aliphatic hydroxyl groups excluding tert-OH is 5. The van der Waals surface area contributed by atoms with Crippen LogP contribution in [0.3, 0.4) is 0 Å². The van der Waals surface area contributed by atoms with Crippen LogP contribution in [-0.2, 0) is 33.3 Å². The SMILES string of the molecule is N[C@@H]1[C@@H](O)[C@@H](O[C@@H]2[C@@H](O)[C@H](OC3O[C@H](CNC(=O)CCCCCN4C(=O)C=CC4=O)[C@@H](O)C[C@H]3N)[C@@H](N)C[C@H]2N)O[C@H](CO)[C@H]1O. The highest BCUT2D eigenvalue weighted by atomic mass is 16.7. The molecule has 18 nitrogen and oxygen atoms in total. The quantitative estimate of drug-likeness (QED) is 0.0650. The first-order valence-corrected chi connectivity index (χ1v) is 15.6. The van der Waals surface area contributed by atoms with Crippen LogP contribution in [0, 0.1) is 0 Å². The molecule has 0 radical (unpaired) electrons. The zero-order chi connectivity index (χ0) is 33.7. The summed E-state index contributed by atoms with van der Waals surface area (Å²) in [4.78, 5) is 36.8. The monoisotopic (exact) mass is 660 g/mol. The van der Waals surface area contributed by atoms with Crippen molar-refractivity contribution < 1.29 is 58.9 Å². The van der Waals surface area contributed by atoms with Crippen molar-refractivity contribution in [1.29, 1.82) is 0 Å². The van der Waals surface area contributed by atoms with E-state index in [0.29, 0.717) is 19.3 Å². The van der Waals surface area contributed by atoms with E-state index in [1.54, 1.807) is 0 Å². The van der Waals surface area contributed by atoms with Crippen LogP contribution < -0.4 is 28.3 Å². The van der Waals surface area contributed by atoms with Crippen LogP contribution in [0.4, 0.5) is 0 Å². The van der Waals surface area contributed by atoms with E-state index < -0.39 is 92.2 Å². The normalized spacial score (nSPS) is 41.6. The highest BCUT2D eigenvalue weighted by Crippen LogP contribution is 2.31. The average Bonchev–Trinajstić information content (AvgIpc) is 3.33. The third-order valence-corrected chi connectivity index (χ3v) is 8.87. The molecule has 3 aliphatic heterocycles. The van der Waals surface area contributed by atoms with Gasteiger partial charge >= 0.3 is 0 Å². The number of carbonyl (C=O) groups is 3. The van der Waals surface area contributed by atoms with Gasteiger partial charge in [0, 0.05) is 43.7 Å². The van der Waals surface area contributed by atoms with Crippen molar-refractivity contribution in [3.05, 3.63) is 12.2 Å². The highest BCUT2D eigenvalue weighted by molar-refractivity contribution is 6.12. The Morgan fingerprint density at radius 1 is 0.826 bits per heavy atom. The second kappa shape index (κ2) is 16.3. The smallest absolute Gasteiger partial charge is 0.253 e. The number of unbranched alkanes of at least 4 members (excludes halogenated alkanes) is 2. The van der Waals surface area contributed by atoms with E-state index >= 15 is 0 Å². The fraction of sp³-hybridized carbons (Fsp3) is 0.821. The zero-order valence-electron chi connectivity index (χ0n) is 25.5. The molecule has 1 saturated carbocycles. The Hall–Kier alpha value is -2.17.